The summed E-state index contributed by atoms with van der Waals surface area (Å²) in [5.74, 6) is 2.52. The van der Waals surface area contributed by atoms with Crippen molar-refractivity contribution in [2.24, 2.45) is 17.8 Å². The minimum Gasteiger partial charge on any atom is -0.348 e. The second-order valence-electron chi connectivity index (χ2n) is 8.79. The Kier molecular flexibility index (Phi) is 4.61. The van der Waals surface area contributed by atoms with E-state index in [1.54, 1.807) is 0 Å². The van der Waals surface area contributed by atoms with Gasteiger partial charge < -0.3 is 10.6 Å². The maximum Gasteiger partial charge on any atom is 0.231 e. The number of piperidine rings is 1. The van der Waals surface area contributed by atoms with Crippen LogP contribution in [0.3, 0.4) is 0 Å². The van der Waals surface area contributed by atoms with Crippen LogP contribution in [0.2, 0.25) is 0 Å². The van der Waals surface area contributed by atoms with E-state index in [0.717, 1.165) is 37.8 Å². The van der Waals surface area contributed by atoms with Gasteiger partial charge in [0.15, 0.2) is 0 Å². The first-order valence-corrected chi connectivity index (χ1v) is 10.2. The number of benzene rings is 1. The zero-order valence-electron chi connectivity index (χ0n) is 15.7. The number of fused-ring (bicyclic) bond motifs is 2. The second kappa shape index (κ2) is 6.75. The zero-order chi connectivity index (χ0) is 17.4. The Bertz CT molecular complexity index is 625. The van der Waals surface area contributed by atoms with Crippen LogP contribution in [0, 0.1) is 17.8 Å². The van der Waals surface area contributed by atoms with Gasteiger partial charge in [0.1, 0.15) is 0 Å². The van der Waals surface area contributed by atoms with Gasteiger partial charge in [0, 0.05) is 0 Å². The van der Waals surface area contributed by atoms with Gasteiger partial charge in [-0.15, -0.1) is 0 Å². The predicted molar refractivity (Wildman–Crippen MR) is 101 cm³/mol. The second-order valence-corrected chi connectivity index (χ2v) is 8.79. The molecule has 1 spiro atoms. The van der Waals surface area contributed by atoms with Gasteiger partial charge in [-0.2, -0.15) is 0 Å². The molecule has 25 heavy (non-hydrogen) atoms. The molecule has 0 radical (unpaired) electrons. The van der Waals surface area contributed by atoms with E-state index < -0.39 is 0 Å². The summed E-state index contributed by atoms with van der Waals surface area (Å²) in [5.41, 5.74) is 2.42. The van der Waals surface area contributed by atoms with Gasteiger partial charge in [-0.1, -0.05) is 38.1 Å². The van der Waals surface area contributed by atoms with Crippen molar-refractivity contribution in [1.82, 2.24) is 10.6 Å². The quantitative estimate of drug-likeness (QED) is 0.856. The highest BCUT2D eigenvalue weighted by Crippen LogP contribution is 2.47. The molecule has 2 N–H and O–H groups in total. The number of carbonyl (C=O) groups excluding carboxylic acids is 1. The molecule has 1 amide bonds. The zero-order valence-corrected chi connectivity index (χ0v) is 15.7. The molecule has 136 valence electrons. The van der Waals surface area contributed by atoms with Crippen LogP contribution in [0.5, 0.6) is 0 Å². The molecule has 3 aliphatic rings. The Balaban J connectivity index is 1.62. The van der Waals surface area contributed by atoms with Crippen LogP contribution < -0.4 is 10.6 Å². The van der Waals surface area contributed by atoms with E-state index in [9.17, 15) is 4.79 Å². The van der Waals surface area contributed by atoms with Crippen LogP contribution in [-0.2, 0) is 10.2 Å². The van der Waals surface area contributed by atoms with E-state index in [-0.39, 0.29) is 17.4 Å². The van der Waals surface area contributed by atoms with Crippen molar-refractivity contribution < 1.29 is 4.79 Å². The third-order valence-electron chi connectivity index (χ3n) is 7.22. The molecule has 2 heterocycles. The van der Waals surface area contributed by atoms with E-state index in [2.05, 4.69) is 48.7 Å². The molecule has 2 fully saturated rings. The fourth-order valence-corrected chi connectivity index (χ4v) is 5.55. The molecule has 3 nitrogen and oxygen atoms in total. The highest BCUT2D eigenvalue weighted by molar-refractivity contribution is 5.91. The molecule has 1 atom stereocenters. The van der Waals surface area contributed by atoms with Crippen molar-refractivity contribution >= 4 is 5.91 Å². The molecule has 2 aliphatic heterocycles. The van der Waals surface area contributed by atoms with Crippen LogP contribution in [0.15, 0.2) is 24.3 Å². The molecule has 1 unspecified atom stereocenters. The lowest BCUT2D eigenvalue weighted by molar-refractivity contribution is -0.130. The Labute approximate surface area is 152 Å². The third-order valence-corrected chi connectivity index (χ3v) is 7.22. The number of amides is 1. The summed E-state index contributed by atoms with van der Waals surface area (Å²) >= 11 is 0. The normalized spacial score (nSPS) is 31.6. The van der Waals surface area contributed by atoms with Gasteiger partial charge >= 0.3 is 0 Å². The van der Waals surface area contributed by atoms with Gasteiger partial charge in [-0.3, -0.25) is 4.79 Å². The van der Waals surface area contributed by atoms with Crippen LogP contribution in [-0.4, -0.2) is 19.0 Å². The molecule has 4 rings (SSSR count). The summed E-state index contributed by atoms with van der Waals surface area (Å²) in [4.78, 5) is 13.2. The van der Waals surface area contributed by atoms with Gasteiger partial charge in [-0.05, 0) is 80.5 Å². The molecule has 1 saturated carbocycles. The third kappa shape index (κ3) is 2.91. The lowest BCUT2D eigenvalue weighted by atomic mass is 9.64. The summed E-state index contributed by atoms with van der Waals surface area (Å²) < 4.78 is 0. The predicted octanol–water partition coefficient (Wildman–Crippen LogP) is 3.94. The first kappa shape index (κ1) is 17.1. The average molecular weight is 341 g/mol. The lowest BCUT2D eigenvalue weighted by Crippen LogP contribution is -2.56. The molecular weight excluding hydrogens is 308 g/mol. The Morgan fingerprint density at radius 3 is 2.40 bits per heavy atom. The first-order valence-electron chi connectivity index (χ1n) is 10.2. The summed E-state index contributed by atoms with van der Waals surface area (Å²) in [7, 11) is 0. The standard InChI is InChI=1S/C22H32N2O/c1-15(2)16-7-9-17(10-8-16)20-18-5-3-4-6-19(18)22(21(25)24-20)11-13-23-14-12-22/h3-6,15-17,20,23H,7-14H2,1-2H3,(H,24,25). The smallest absolute Gasteiger partial charge is 0.231 e. The van der Waals surface area contributed by atoms with Crippen molar-refractivity contribution in [3.8, 4) is 0 Å². The van der Waals surface area contributed by atoms with Crippen LogP contribution in [0.1, 0.15) is 69.5 Å². The Morgan fingerprint density at radius 2 is 1.72 bits per heavy atom. The number of hydrogen-bond donors (Lipinski definition) is 2. The molecule has 1 aromatic rings. The number of hydrogen-bond acceptors (Lipinski definition) is 2. The fraction of sp³-hybridized carbons (Fsp3) is 0.682. The molecule has 1 aliphatic carbocycles. The number of nitrogens with one attached hydrogen (secondary N) is 2. The minimum absolute atomic E-state index is 0.220. The fourth-order valence-electron chi connectivity index (χ4n) is 5.55. The van der Waals surface area contributed by atoms with Gasteiger partial charge in [0.2, 0.25) is 5.91 Å². The maximum absolute atomic E-state index is 13.2. The van der Waals surface area contributed by atoms with E-state index in [1.165, 1.54) is 36.8 Å². The largest absolute Gasteiger partial charge is 0.348 e. The van der Waals surface area contributed by atoms with Crippen molar-refractivity contribution in [3.63, 3.8) is 0 Å². The van der Waals surface area contributed by atoms with E-state index in [4.69, 9.17) is 0 Å². The van der Waals surface area contributed by atoms with Crippen molar-refractivity contribution in [2.45, 2.75) is 63.8 Å². The summed E-state index contributed by atoms with van der Waals surface area (Å²) in [6, 6.07) is 8.99. The highest BCUT2D eigenvalue weighted by Gasteiger charge is 2.48. The van der Waals surface area contributed by atoms with Crippen molar-refractivity contribution in [1.29, 1.82) is 0 Å². The van der Waals surface area contributed by atoms with E-state index in [1.807, 2.05) is 0 Å². The van der Waals surface area contributed by atoms with Gasteiger partial charge in [0.05, 0.1) is 11.5 Å². The molecule has 1 aromatic carbocycles. The van der Waals surface area contributed by atoms with Crippen molar-refractivity contribution in [3.05, 3.63) is 35.4 Å². The number of carbonyl (C=O) groups is 1. The van der Waals surface area contributed by atoms with Crippen LogP contribution in [0.25, 0.3) is 0 Å². The summed E-state index contributed by atoms with van der Waals surface area (Å²) in [5, 5.41) is 6.90. The first-order chi connectivity index (χ1) is 12.1. The van der Waals surface area contributed by atoms with Crippen LogP contribution >= 0.6 is 0 Å². The minimum atomic E-state index is -0.298. The van der Waals surface area contributed by atoms with Crippen molar-refractivity contribution in [2.75, 3.05) is 13.1 Å². The average Bonchev–Trinajstić information content (AvgIpc) is 2.66. The van der Waals surface area contributed by atoms with Gasteiger partial charge in [-0.25, -0.2) is 0 Å². The Morgan fingerprint density at radius 1 is 1.04 bits per heavy atom. The van der Waals surface area contributed by atoms with Crippen LogP contribution in [0.4, 0.5) is 0 Å². The van der Waals surface area contributed by atoms with Gasteiger partial charge in [0.25, 0.3) is 0 Å². The molecule has 1 saturated heterocycles. The highest BCUT2D eigenvalue weighted by atomic mass is 16.2. The topological polar surface area (TPSA) is 41.1 Å². The molecule has 3 heteroatoms. The van der Waals surface area contributed by atoms with E-state index in [0.29, 0.717) is 5.92 Å². The molecular formula is C22H32N2O. The summed E-state index contributed by atoms with van der Waals surface area (Å²) in [6.07, 6.45) is 6.95. The lowest BCUT2D eigenvalue weighted by Gasteiger charge is -2.46. The summed E-state index contributed by atoms with van der Waals surface area (Å²) in [6.45, 7) is 6.57. The maximum atomic E-state index is 13.2. The molecule has 0 bridgehead atoms. The van der Waals surface area contributed by atoms with E-state index >= 15 is 0 Å². The molecule has 0 aromatic heterocycles. The SMILES string of the molecule is CC(C)C1CCC(C2NC(=O)C3(CCNCC3)c3ccccc32)CC1. The number of rotatable bonds is 2. The monoisotopic (exact) mass is 340 g/mol. The Hall–Kier alpha value is -1.35.